The predicted molar refractivity (Wildman–Crippen MR) is 73.1 cm³/mol. The summed E-state index contributed by atoms with van der Waals surface area (Å²) in [5.74, 6) is 0.289. The second-order valence-corrected chi connectivity index (χ2v) is 5.50. The second-order valence-electron chi connectivity index (χ2n) is 5.50. The first kappa shape index (κ1) is 14.0. The summed E-state index contributed by atoms with van der Waals surface area (Å²) >= 11 is 0. The number of nitrogens with zero attached hydrogens (tertiary/aromatic N) is 3. The van der Waals surface area contributed by atoms with Gasteiger partial charge in [-0.3, -0.25) is 0 Å². The lowest BCUT2D eigenvalue weighted by Crippen LogP contribution is -2.27. The van der Waals surface area contributed by atoms with Gasteiger partial charge in [0.05, 0.1) is 5.56 Å². The summed E-state index contributed by atoms with van der Waals surface area (Å²) in [5, 5.41) is 8.83. The van der Waals surface area contributed by atoms with Crippen molar-refractivity contribution in [2.75, 3.05) is 33.7 Å². The molecule has 0 amide bonds. The van der Waals surface area contributed by atoms with E-state index in [0.29, 0.717) is 18.0 Å². The molecule has 1 unspecified atom stereocenters. The van der Waals surface area contributed by atoms with Crippen LogP contribution in [-0.4, -0.2) is 43.5 Å². The van der Waals surface area contributed by atoms with Gasteiger partial charge in [-0.25, -0.2) is 4.39 Å². The highest BCUT2D eigenvalue weighted by Gasteiger charge is 2.21. The Labute approximate surface area is 114 Å². The molecule has 4 heteroatoms. The zero-order valence-corrected chi connectivity index (χ0v) is 11.6. The number of hydrogen-bond donors (Lipinski definition) is 0. The Morgan fingerprint density at radius 2 is 2.32 bits per heavy atom. The van der Waals surface area contributed by atoms with Crippen molar-refractivity contribution >= 4 is 0 Å². The van der Waals surface area contributed by atoms with E-state index in [-0.39, 0.29) is 11.4 Å². The molecule has 0 N–H and O–H groups in total. The molecule has 1 atom stereocenters. The normalized spacial score (nSPS) is 19.8. The quantitative estimate of drug-likeness (QED) is 0.831. The third kappa shape index (κ3) is 3.52. The largest absolute Gasteiger partial charge is 0.306 e. The molecule has 1 aliphatic heterocycles. The summed E-state index contributed by atoms with van der Waals surface area (Å²) in [5.41, 5.74) is 0.736. The average molecular weight is 261 g/mol. The fourth-order valence-corrected chi connectivity index (χ4v) is 2.76. The minimum Gasteiger partial charge on any atom is -0.306 e. The van der Waals surface area contributed by atoms with E-state index >= 15 is 0 Å². The highest BCUT2D eigenvalue weighted by molar-refractivity contribution is 5.34. The number of nitriles is 1. The van der Waals surface area contributed by atoms with Crippen LogP contribution >= 0.6 is 0 Å². The molecule has 0 radical (unpaired) electrons. The van der Waals surface area contributed by atoms with Gasteiger partial charge in [0.1, 0.15) is 11.9 Å². The van der Waals surface area contributed by atoms with Gasteiger partial charge < -0.3 is 9.80 Å². The van der Waals surface area contributed by atoms with E-state index in [1.807, 2.05) is 13.1 Å². The summed E-state index contributed by atoms with van der Waals surface area (Å²) in [6.45, 7) is 3.80. The summed E-state index contributed by atoms with van der Waals surface area (Å²) in [6.07, 6.45) is 1.21. The molecule has 1 aromatic rings. The van der Waals surface area contributed by atoms with Crippen molar-refractivity contribution in [2.24, 2.45) is 5.92 Å². The highest BCUT2D eigenvalue weighted by atomic mass is 19.1. The molecule has 1 aliphatic rings. The molecule has 2 rings (SSSR count). The zero-order valence-electron chi connectivity index (χ0n) is 11.6. The van der Waals surface area contributed by atoms with Gasteiger partial charge in [-0.1, -0.05) is 12.1 Å². The van der Waals surface area contributed by atoms with Gasteiger partial charge in [-0.15, -0.1) is 0 Å². The van der Waals surface area contributed by atoms with E-state index in [2.05, 4.69) is 16.8 Å². The highest BCUT2D eigenvalue weighted by Crippen LogP contribution is 2.18. The van der Waals surface area contributed by atoms with Gasteiger partial charge in [0.15, 0.2) is 0 Å². The molecular formula is C15H20FN3. The Morgan fingerprint density at radius 1 is 1.53 bits per heavy atom. The lowest BCUT2D eigenvalue weighted by molar-refractivity contribution is 0.264. The number of rotatable bonds is 4. The molecule has 0 bridgehead atoms. The van der Waals surface area contributed by atoms with E-state index in [1.165, 1.54) is 12.5 Å². The van der Waals surface area contributed by atoms with Crippen LogP contribution in [0.2, 0.25) is 0 Å². The fourth-order valence-electron chi connectivity index (χ4n) is 2.76. The first-order valence-corrected chi connectivity index (χ1v) is 6.64. The van der Waals surface area contributed by atoms with Crippen molar-refractivity contribution < 1.29 is 4.39 Å². The van der Waals surface area contributed by atoms with Crippen molar-refractivity contribution in [3.63, 3.8) is 0 Å². The molecule has 19 heavy (non-hydrogen) atoms. The van der Waals surface area contributed by atoms with Gasteiger partial charge in [-0.05, 0) is 39.0 Å². The van der Waals surface area contributed by atoms with Crippen LogP contribution in [0.3, 0.4) is 0 Å². The van der Waals surface area contributed by atoms with Gasteiger partial charge >= 0.3 is 0 Å². The summed E-state index contributed by atoms with van der Waals surface area (Å²) in [6, 6.07) is 6.91. The Hall–Kier alpha value is -1.44. The number of benzene rings is 1. The molecule has 0 saturated carbocycles. The van der Waals surface area contributed by atoms with Crippen LogP contribution in [-0.2, 0) is 6.54 Å². The summed E-state index contributed by atoms with van der Waals surface area (Å²) < 4.78 is 14.0. The summed E-state index contributed by atoms with van der Waals surface area (Å²) in [7, 11) is 4.15. The topological polar surface area (TPSA) is 30.3 Å². The molecule has 1 saturated heterocycles. The van der Waals surface area contributed by atoms with E-state index in [0.717, 1.165) is 19.6 Å². The Kier molecular flexibility index (Phi) is 4.52. The molecule has 0 aromatic heterocycles. The number of hydrogen-bond acceptors (Lipinski definition) is 3. The van der Waals surface area contributed by atoms with Crippen LogP contribution < -0.4 is 0 Å². The van der Waals surface area contributed by atoms with Crippen molar-refractivity contribution in [2.45, 2.75) is 13.0 Å². The van der Waals surface area contributed by atoms with Crippen LogP contribution in [0.1, 0.15) is 17.5 Å². The van der Waals surface area contributed by atoms with Crippen LogP contribution in [0.4, 0.5) is 4.39 Å². The average Bonchev–Trinajstić information content (AvgIpc) is 2.77. The first-order chi connectivity index (χ1) is 9.10. The molecule has 1 fully saturated rings. The Balaban J connectivity index is 1.95. The van der Waals surface area contributed by atoms with Crippen molar-refractivity contribution in [3.05, 3.63) is 35.1 Å². The lowest BCUT2D eigenvalue weighted by atomic mass is 10.1. The predicted octanol–water partition coefficient (Wildman–Crippen LogP) is 2.08. The SMILES string of the molecule is CN1CCC(CN(C)Cc2cccc(C#N)c2F)C1. The molecule has 0 aliphatic carbocycles. The molecule has 1 heterocycles. The minimum atomic E-state index is -0.375. The Bertz CT molecular complexity index is 481. The second kappa shape index (κ2) is 6.14. The molecule has 3 nitrogen and oxygen atoms in total. The van der Waals surface area contributed by atoms with Crippen molar-refractivity contribution in [1.29, 1.82) is 5.26 Å². The van der Waals surface area contributed by atoms with Gasteiger partial charge in [0, 0.05) is 25.2 Å². The standard InChI is InChI=1S/C15H20FN3/c1-18-7-6-12(9-18)10-19(2)11-14-5-3-4-13(8-17)15(14)16/h3-5,12H,6-7,9-11H2,1-2H3. The van der Waals surface area contributed by atoms with Crippen LogP contribution in [0.25, 0.3) is 0 Å². The third-order valence-corrected chi connectivity index (χ3v) is 3.70. The van der Waals surface area contributed by atoms with E-state index < -0.39 is 0 Å². The van der Waals surface area contributed by atoms with Crippen LogP contribution in [0, 0.1) is 23.1 Å². The summed E-state index contributed by atoms with van der Waals surface area (Å²) in [4.78, 5) is 4.47. The van der Waals surface area contributed by atoms with Crippen molar-refractivity contribution in [3.8, 4) is 6.07 Å². The maximum absolute atomic E-state index is 14.0. The van der Waals surface area contributed by atoms with Crippen LogP contribution in [0.15, 0.2) is 18.2 Å². The maximum Gasteiger partial charge on any atom is 0.145 e. The van der Waals surface area contributed by atoms with E-state index in [1.54, 1.807) is 12.1 Å². The van der Waals surface area contributed by atoms with Gasteiger partial charge in [0.25, 0.3) is 0 Å². The Morgan fingerprint density at radius 3 is 2.95 bits per heavy atom. The molecule has 0 spiro atoms. The van der Waals surface area contributed by atoms with Gasteiger partial charge in [0.2, 0.25) is 0 Å². The van der Waals surface area contributed by atoms with Crippen LogP contribution in [0.5, 0.6) is 0 Å². The van der Waals surface area contributed by atoms with E-state index in [4.69, 9.17) is 5.26 Å². The molecule has 1 aromatic carbocycles. The maximum atomic E-state index is 14.0. The third-order valence-electron chi connectivity index (χ3n) is 3.70. The van der Waals surface area contributed by atoms with Crippen molar-refractivity contribution in [1.82, 2.24) is 9.80 Å². The molecular weight excluding hydrogens is 241 g/mol. The number of likely N-dealkylation sites (tertiary alicyclic amines) is 1. The first-order valence-electron chi connectivity index (χ1n) is 6.64. The zero-order chi connectivity index (χ0) is 13.8. The minimum absolute atomic E-state index is 0.131. The molecule has 102 valence electrons. The van der Waals surface area contributed by atoms with E-state index in [9.17, 15) is 4.39 Å². The monoisotopic (exact) mass is 261 g/mol. The van der Waals surface area contributed by atoms with Gasteiger partial charge in [-0.2, -0.15) is 5.26 Å². The fraction of sp³-hybridized carbons (Fsp3) is 0.533. The smallest absolute Gasteiger partial charge is 0.145 e. The lowest BCUT2D eigenvalue weighted by Gasteiger charge is -2.21. The number of halogens is 1.